The van der Waals surface area contributed by atoms with Gasteiger partial charge in [0.05, 0.1) is 6.61 Å². The van der Waals surface area contributed by atoms with Crippen molar-refractivity contribution in [1.29, 1.82) is 0 Å². The average Bonchev–Trinajstić information content (AvgIpc) is 2.47. The number of H-pyrrole nitrogens is 1. The van der Waals surface area contributed by atoms with Gasteiger partial charge in [0.25, 0.3) is 5.91 Å². The van der Waals surface area contributed by atoms with Crippen molar-refractivity contribution >= 4 is 23.6 Å². The van der Waals surface area contributed by atoms with Gasteiger partial charge < -0.3 is 14.6 Å². The van der Waals surface area contributed by atoms with Gasteiger partial charge in [-0.2, -0.15) is 11.8 Å². The average molecular weight is 296 g/mol. The number of esters is 1. The molecular weight excluding hydrogens is 280 g/mol. The molecule has 0 radical (unpaired) electrons. The number of pyridine rings is 1. The molecule has 0 bridgehead atoms. The molecule has 0 aliphatic carbocycles. The maximum absolute atomic E-state index is 12.4. The second kappa shape index (κ2) is 6.60. The summed E-state index contributed by atoms with van der Waals surface area (Å²) >= 11 is 1.61. The lowest BCUT2D eigenvalue weighted by Gasteiger charge is -2.33. The van der Waals surface area contributed by atoms with E-state index in [-0.39, 0.29) is 23.6 Å². The first kappa shape index (κ1) is 14.6. The van der Waals surface area contributed by atoms with Crippen LogP contribution in [0.5, 0.6) is 0 Å². The van der Waals surface area contributed by atoms with E-state index in [1.807, 2.05) is 0 Å². The van der Waals surface area contributed by atoms with Crippen LogP contribution >= 0.6 is 11.8 Å². The summed E-state index contributed by atoms with van der Waals surface area (Å²) in [5, 5.41) is 0. The first-order valence-electron chi connectivity index (χ1n) is 6.37. The molecule has 1 atom stereocenters. The molecule has 7 heteroatoms. The highest BCUT2D eigenvalue weighted by atomic mass is 32.2. The fourth-order valence-corrected chi connectivity index (χ4v) is 3.06. The smallest absolute Gasteiger partial charge is 0.329 e. The normalized spacial score (nSPS) is 18.6. The van der Waals surface area contributed by atoms with Crippen LogP contribution in [0.2, 0.25) is 0 Å². The molecule has 1 unspecified atom stereocenters. The Hall–Kier alpha value is -1.76. The van der Waals surface area contributed by atoms with E-state index in [0.717, 1.165) is 5.75 Å². The maximum atomic E-state index is 12.4. The minimum Gasteiger partial charge on any atom is -0.464 e. The number of aromatic nitrogens is 1. The van der Waals surface area contributed by atoms with Gasteiger partial charge in [0.1, 0.15) is 6.04 Å². The number of hydrogen-bond acceptors (Lipinski definition) is 5. The van der Waals surface area contributed by atoms with Gasteiger partial charge in [-0.25, -0.2) is 4.79 Å². The quantitative estimate of drug-likeness (QED) is 0.822. The third kappa shape index (κ3) is 3.22. The van der Waals surface area contributed by atoms with Crippen molar-refractivity contribution in [2.24, 2.45) is 0 Å². The molecule has 1 amide bonds. The molecule has 1 aromatic heterocycles. The number of carbonyl (C=O) groups is 2. The summed E-state index contributed by atoms with van der Waals surface area (Å²) in [4.78, 5) is 39.6. The van der Waals surface area contributed by atoms with Gasteiger partial charge in [-0.3, -0.25) is 9.59 Å². The number of amides is 1. The van der Waals surface area contributed by atoms with Gasteiger partial charge in [0.2, 0.25) is 5.56 Å². The van der Waals surface area contributed by atoms with Crippen LogP contribution in [0.15, 0.2) is 23.1 Å². The van der Waals surface area contributed by atoms with Crippen molar-refractivity contribution < 1.29 is 14.3 Å². The first-order chi connectivity index (χ1) is 9.63. The zero-order chi connectivity index (χ0) is 14.5. The Labute approximate surface area is 120 Å². The molecule has 0 spiro atoms. The number of thioether (sulfide) groups is 1. The number of nitrogens with zero attached hydrogens (tertiary/aromatic N) is 1. The van der Waals surface area contributed by atoms with Crippen LogP contribution in [0.1, 0.15) is 17.3 Å². The van der Waals surface area contributed by atoms with Crippen LogP contribution in [0, 0.1) is 0 Å². The summed E-state index contributed by atoms with van der Waals surface area (Å²) in [5.74, 6) is 0.589. The molecule has 1 aliphatic rings. The fraction of sp³-hybridized carbons (Fsp3) is 0.462. The standard InChI is InChI=1S/C13H16N2O4S/c1-2-19-13(18)10-8-20-6-5-15(10)12(17)9-3-4-14-11(16)7-9/h3-4,7,10H,2,5-6,8H2,1H3,(H,14,16). The molecule has 1 aromatic rings. The molecule has 0 aromatic carbocycles. The molecule has 6 nitrogen and oxygen atoms in total. The molecule has 2 rings (SSSR count). The second-order valence-electron chi connectivity index (χ2n) is 4.28. The lowest BCUT2D eigenvalue weighted by atomic mass is 10.2. The lowest BCUT2D eigenvalue weighted by molar-refractivity contribution is -0.147. The largest absolute Gasteiger partial charge is 0.464 e. The van der Waals surface area contributed by atoms with Crippen molar-refractivity contribution in [3.8, 4) is 0 Å². The number of aromatic amines is 1. The van der Waals surface area contributed by atoms with E-state index in [9.17, 15) is 14.4 Å². The van der Waals surface area contributed by atoms with E-state index < -0.39 is 12.0 Å². The van der Waals surface area contributed by atoms with Crippen LogP contribution in [0.4, 0.5) is 0 Å². The highest BCUT2D eigenvalue weighted by Crippen LogP contribution is 2.19. The Morgan fingerprint density at radius 3 is 3.05 bits per heavy atom. The van der Waals surface area contributed by atoms with Crippen LogP contribution in [-0.2, 0) is 9.53 Å². The molecule has 1 N–H and O–H groups in total. The summed E-state index contributed by atoms with van der Waals surface area (Å²) in [6.45, 7) is 2.49. The molecule has 2 heterocycles. The van der Waals surface area contributed by atoms with E-state index in [1.54, 1.807) is 18.7 Å². The second-order valence-corrected chi connectivity index (χ2v) is 5.43. The van der Waals surface area contributed by atoms with E-state index in [0.29, 0.717) is 12.3 Å². The van der Waals surface area contributed by atoms with Crippen molar-refractivity contribution in [1.82, 2.24) is 9.88 Å². The summed E-state index contributed by atoms with van der Waals surface area (Å²) in [7, 11) is 0. The van der Waals surface area contributed by atoms with E-state index >= 15 is 0 Å². The molecular formula is C13H16N2O4S. The third-order valence-electron chi connectivity index (χ3n) is 2.97. The van der Waals surface area contributed by atoms with Crippen LogP contribution in [0.25, 0.3) is 0 Å². The third-order valence-corrected chi connectivity index (χ3v) is 3.99. The predicted octanol–water partition coefficient (Wildman–Crippen LogP) is 0.496. The predicted molar refractivity (Wildman–Crippen MR) is 75.8 cm³/mol. The van der Waals surface area contributed by atoms with E-state index in [4.69, 9.17) is 4.74 Å². The highest BCUT2D eigenvalue weighted by molar-refractivity contribution is 7.99. The van der Waals surface area contributed by atoms with Crippen LogP contribution in [0.3, 0.4) is 0 Å². The topological polar surface area (TPSA) is 79.5 Å². The van der Waals surface area contributed by atoms with E-state index in [2.05, 4.69) is 4.98 Å². The zero-order valence-corrected chi connectivity index (χ0v) is 11.9. The fourth-order valence-electron chi connectivity index (χ4n) is 2.02. The summed E-state index contributed by atoms with van der Waals surface area (Å²) in [6, 6.07) is 2.19. The number of ether oxygens (including phenoxy) is 1. The lowest BCUT2D eigenvalue weighted by Crippen LogP contribution is -2.51. The minimum absolute atomic E-state index is 0.285. The van der Waals surface area contributed by atoms with Crippen LogP contribution in [-0.4, -0.2) is 52.5 Å². The Kier molecular flexibility index (Phi) is 4.84. The van der Waals surface area contributed by atoms with Gasteiger partial charge in [-0.1, -0.05) is 0 Å². The molecule has 20 heavy (non-hydrogen) atoms. The Balaban J connectivity index is 2.21. The minimum atomic E-state index is -0.583. The highest BCUT2D eigenvalue weighted by Gasteiger charge is 2.34. The van der Waals surface area contributed by atoms with Crippen molar-refractivity contribution in [2.45, 2.75) is 13.0 Å². The SMILES string of the molecule is CCOC(=O)C1CSCCN1C(=O)c1cc[nH]c(=O)c1. The van der Waals surface area contributed by atoms with Gasteiger partial charge in [0.15, 0.2) is 0 Å². The molecule has 1 aliphatic heterocycles. The van der Waals surface area contributed by atoms with Crippen LogP contribution < -0.4 is 5.56 Å². The molecule has 1 saturated heterocycles. The monoisotopic (exact) mass is 296 g/mol. The van der Waals surface area contributed by atoms with Crippen molar-refractivity contribution in [2.75, 3.05) is 24.7 Å². The molecule has 0 saturated carbocycles. The Bertz CT molecular complexity index is 557. The summed E-state index contributed by atoms with van der Waals surface area (Å²) in [6.07, 6.45) is 1.42. The Morgan fingerprint density at radius 1 is 1.55 bits per heavy atom. The zero-order valence-electron chi connectivity index (χ0n) is 11.1. The van der Waals surface area contributed by atoms with Gasteiger partial charge in [-0.05, 0) is 13.0 Å². The van der Waals surface area contributed by atoms with Crippen molar-refractivity contribution in [3.05, 3.63) is 34.2 Å². The maximum Gasteiger partial charge on any atom is 0.329 e. The number of hydrogen-bond donors (Lipinski definition) is 1. The number of carbonyl (C=O) groups excluding carboxylic acids is 2. The van der Waals surface area contributed by atoms with Gasteiger partial charge >= 0.3 is 5.97 Å². The van der Waals surface area contributed by atoms with E-state index in [1.165, 1.54) is 23.2 Å². The Morgan fingerprint density at radius 2 is 2.35 bits per heavy atom. The van der Waals surface area contributed by atoms with Crippen molar-refractivity contribution in [3.63, 3.8) is 0 Å². The molecule has 1 fully saturated rings. The van der Waals surface area contributed by atoms with Gasteiger partial charge in [0, 0.05) is 35.9 Å². The number of rotatable bonds is 3. The number of nitrogens with one attached hydrogen (secondary N) is 1. The van der Waals surface area contributed by atoms with Gasteiger partial charge in [-0.15, -0.1) is 0 Å². The summed E-state index contributed by atoms with van der Waals surface area (Å²) < 4.78 is 5.01. The first-order valence-corrected chi connectivity index (χ1v) is 7.53. The summed E-state index contributed by atoms with van der Waals surface area (Å²) in [5.41, 5.74) is -0.0510. The molecule has 108 valence electrons.